The number of piperazine rings is 1. The van der Waals surface area contributed by atoms with Crippen molar-refractivity contribution in [1.29, 1.82) is 0 Å². The molecular weight excluding hydrogens is 251 g/mol. The Kier molecular flexibility index (Phi) is 4.25. The maximum atomic E-state index is 13.8. The summed E-state index contributed by atoms with van der Waals surface area (Å²) in [7, 11) is 0. The zero-order valence-electron chi connectivity index (χ0n) is 11.0. The maximum absolute atomic E-state index is 13.8. The fourth-order valence-electron chi connectivity index (χ4n) is 2.42. The standard InChI is InChI=1S/C14H20ClFN2/c1-3-14(2)10-18(8-7-17-14)9-11-12(15)5-4-6-13(11)16/h4-6,17H,3,7-10H2,1-2H3. The molecule has 4 heteroatoms. The van der Waals surface area contributed by atoms with Gasteiger partial charge in [0, 0.05) is 42.3 Å². The second kappa shape index (κ2) is 5.55. The van der Waals surface area contributed by atoms with E-state index in [0.717, 1.165) is 26.1 Å². The van der Waals surface area contributed by atoms with E-state index in [4.69, 9.17) is 11.6 Å². The molecular formula is C14H20ClFN2. The molecule has 1 fully saturated rings. The van der Waals surface area contributed by atoms with Gasteiger partial charge in [0.1, 0.15) is 5.82 Å². The maximum Gasteiger partial charge on any atom is 0.129 e. The first kappa shape index (κ1) is 13.8. The van der Waals surface area contributed by atoms with E-state index in [-0.39, 0.29) is 11.4 Å². The zero-order valence-corrected chi connectivity index (χ0v) is 11.7. The molecule has 1 aliphatic heterocycles. The quantitative estimate of drug-likeness (QED) is 0.908. The number of nitrogens with one attached hydrogen (secondary N) is 1. The van der Waals surface area contributed by atoms with Crippen LogP contribution in [0.2, 0.25) is 5.02 Å². The van der Waals surface area contributed by atoms with Crippen molar-refractivity contribution in [1.82, 2.24) is 10.2 Å². The van der Waals surface area contributed by atoms with Gasteiger partial charge in [0.15, 0.2) is 0 Å². The normalized spacial score (nSPS) is 25.3. The van der Waals surface area contributed by atoms with E-state index >= 15 is 0 Å². The van der Waals surface area contributed by atoms with Crippen LogP contribution in [0.5, 0.6) is 0 Å². The highest BCUT2D eigenvalue weighted by Crippen LogP contribution is 2.23. The van der Waals surface area contributed by atoms with Crippen LogP contribution in [0, 0.1) is 5.82 Å². The fraction of sp³-hybridized carbons (Fsp3) is 0.571. The topological polar surface area (TPSA) is 15.3 Å². The number of benzene rings is 1. The molecule has 18 heavy (non-hydrogen) atoms. The second-order valence-electron chi connectivity index (χ2n) is 5.25. The lowest BCUT2D eigenvalue weighted by molar-refractivity contribution is 0.132. The van der Waals surface area contributed by atoms with Crippen LogP contribution < -0.4 is 5.32 Å². The van der Waals surface area contributed by atoms with Gasteiger partial charge in [-0.05, 0) is 25.5 Å². The Balaban J connectivity index is 2.10. The van der Waals surface area contributed by atoms with Crippen LogP contribution in [0.3, 0.4) is 0 Å². The number of nitrogens with zero attached hydrogens (tertiary/aromatic N) is 1. The first-order valence-electron chi connectivity index (χ1n) is 6.44. The number of halogens is 2. The third-order valence-corrected chi connectivity index (χ3v) is 4.13. The predicted molar refractivity (Wildman–Crippen MR) is 73.4 cm³/mol. The third kappa shape index (κ3) is 3.02. The number of rotatable bonds is 3. The smallest absolute Gasteiger partial charge is 0.129 e. The minimum atomic E-state index is -0.209. The van der Waals surface area contributed by atoms with Crippen LogP contribution in [-0.4, -0.2) is 30.1 Å². The molecule has 0 saturated carbocycles. The van der Waals surface area contributed by atoms with Crippen molar-refractivity contribution >= 4 is 11.6 Å². The van der Waals surface area contributed by atoms with E-state index in [1.807, 2.05) is 0 Å². The Morgan fingerprint density at radius 1 is 1.50 bits per heavy atom. The van der Waals surface area contributed by atoms with Crippen molar-refractivity contribution in [2.24, 2.45) is 0 Å². The molecule has 0 radical (unpaired) electrons. The van der Waals surface area contributed by atoms with E-state index < -0.39 is 0 Å². The average Bonchev–Trinajstić information content (AvgIpc) is 2.34. The van der Waals surface area contributed by atoms with Crippen LogP contribution in [0.1, 0.15) is 25.8 Å². The van der Waals surface area contributed by atoms with E-state index in [2.05, 4.69) is 24.1 Å². The van der Waals surface area contributed by atoms with Crippen LogP contribution in [-0.2, 0) is 6.54 Å². The minimum Gasteiger partial charge on any atom is -0.309 e. The Morgan fingerprint density at radius 2 is 2.28 bits per heavy atom. The van der Waals surface area contributed by atoms with Crippen molar-refractivity contribution in [3.8, 4) is 0 Å². The lowest BCUT2D eigenvalue weighted by Crippen LogP contribution is -2.58. The summed E-state index contributed by atoms with van der Waals surface area (Å²) in [5.41, 5.74) is 0.732. The van der Waals surface area contributed by atoms with E-state index in [1.165, 1.54) is 6.07 Å². The van der Waals surface area contributed by atoms with Gasteiger partial charge in [0.05, 0.1) is 0 Å². The molecule has 0 aliphatic carbocycles. The van der Waals surface area contributed by atoms with Gasteiger partial charge in [-0.15, -0.1) is 0 Å². The molecule has 2 nitrogen and oxygen atoms in total. The first-order chi connectivity index (χ1) is 8.54. The molecule has 1 unspecified atom stereocenters. The molecule has 0 bridgehead atoms. The van der Waals surface area contributed by atoms with Gasteiger partial charge in [-0.25, -0.2) is 4.39 Å². The van der Waals surface area contributed by atoms with Crippen molar-refractivity contribution in [2.45, 2.75) is 32.4 Å². The molecule has 1 N–H and O–H groups in total. The minimum absolute atomic E-state index is 0.121. The average molecular weight is 271 g/mol. The monoisotopic (exact) mass is 270 g/mol. The Labute approximate surface area is 113 Å². The number of hydrogen-bond donors (Lipinski definition) is 1. The summed E-state index contributed by atoms with van der Waals surface area (Å²) < 4.78 is 13.8. The lowest BCUT2D eigenvalue weighted by atomic mass is 9.95. The van der Waals surface area contributed by atoms with Crippen molar-refractivity contribution in [2.75, 3.05) is 19.6 Å². The summed E-state index contributed by atoms with van der Waals surface area (Å²) in [5.74, 6) is -0.209. The summed E-state index contributed by atoms with van der Waals surface area (Å²) >= 11 is 6.07. The predicted octanol–water partition coefficient (Wildman–Crippen LogP) is 3.05. The van der Waals surface area contributed by atoms with Gasteiger partial charge in [0.25, 0.3) is 0 Å². The Hall–Kier alpha value is -0.640. The summed E-state index contributed by atoms with van der Waals surface area (Å²) in [4.78, 5) is 2.27. The van der Waals surface area contributed by atoms with Gasteiger partial charge in [-0.3, -0.25) is 4.90 Å². The van der Waals surface area contributed by atoms with Crippen molar-refractivity contribution < 1.29 is 4.39 Å². The molecule has 0 aromatic heterocycles. The molecule has 1 atom stereocenters. The van der Waals surface area contributed by atoms with Crippen molar-refractivity contribution in [3.63, 3.8) is 0 Å². The summed E-state index contributed by atoms with van der Waals surface area (Å²) in [5, 5.41) is 4.04. The van der Waals surface area contributed by atoms with Crippen LogP contribution in [0.25, 0.3) is 0 Å². The van der Waals surface area contributed by atoms with Gasteiger partial charge < -0.3 is 5.32 Å². The SMILES string of the molecule is CCC1(C)CN(Cc2c(F)cccc2Cl)CCN1. The molecule has 1 saturated heterocycles. The Morgan fingerprint density at radius 3 is 2.94 bits per heavy atom. The highest BCUT2D eigenvalue weighted by molar-refractivity contribution is 6.31. The molecule has 1 aromatic rings. The molecule has 1 aliphatic rings. The first-order valence-corrected chi connectivity index (χ1v) is 6.82. The summed E-state index contributed by atoms with van der Waals surface area (Å²) in [6.45, 7) is 7.77. The molecule has 100 valence electrons. The van der Waals surface area contributed by atoms with Gasteiger partial charge in [0.2, 0.25) is 0 Å². The third-order valence-electron chi connectivity index (χ3n) is 3.78. The van der Waals surface area contributed by atoms with E-state index in [0.29, 0.717) is 17.1 Å². The summed E-state index contributed by atoms with van der Waals surface area (Å²) in [6, 6.07) is 4.87. The van der Waals surface area contributed by atoms with Crippen LogP contribution in [0.15, 0.2) is 18.2 Å². The van der Waals surface area contributed by atoms with Gasteiger partial charge in [-0.1, -0.05) is 24.6 Å². The molecule has 1 heterocycles. The van der Waals surface area contributed by atoms with E-state index in [9.17, 15) is 4.39 Å². The highest BCUT2D eigenvalue weighted by atomic mass is 35.5. The molecule has 1 aromatic carbocycles. The number of hydrogen-bond acceptors (Lipinski definition) is 2. The summed E-state index contributed by atoms with van der Waals surface area (Å²) in [6.07, 6.45) is 1.06. The zero-order chi connectivity index (χ0) is 13.2. The largest absolute Gasteiger partial charge is 0.309 e. The Bertz CT molecular complexity index is 404. The van der Waals surface area contributed by atoms with Gasteiger partial charge >= 0.3 is 0 Å². The highest BCUT2D eigenvalue weighted by Gasteiger charge is 2.29. The molecule has 0 spiro atoms. The van der Waals surface area contributed by atoms with Crippen LogP contribution >= 0.6 is 11.6 Å². The molecule has 2 rings (SSSR count). The lowest BCUT2D eigenvalue weighted by Gasteiger charge is -2.41. The fourth-order valence-corrected chi connectivity index (χ4v) is 2.65. The van der Waals surface area contributed by atoms with Crippen LogP contribution in [0.4, 0.5) is 4.39 Å². The van der Waals surface area contributed by atoms with Crippen molar-refractivity contribution in [3.05, 3.63) is 34.6 Å². The van der Waals surface area contributed by atoms with Gasteiger partial charge in [-0.2, -0.15) is 0 Å². The second-order valence-corrected chi connectivity index (χ2v) is 5.66. The van der Waals surface area contributed by atoms with E-state index in [1.54, 1.807) is 12.1 Å². The molecule has 0 amide bonds.